The standard InChI is InChI=1S/C15H11N3O3/c1-9(19)18-12-5-3-2-4-10(12)13(15(18)21)14(20)11-8-16-6-7-17-11/h2-8,20H,1H3/b14-13+. The Hall–Kier alpha value is -3.02. The zero-order valence-corrected chi connectivity index (χ0v) is 11.1. The highest BCUT2D eigenvalue weighted by atomic mass is 16.3. The van der Waals surface area contributed by atoms with Crippen molar-refractivity contribution in [2.75, 3.05) is 4.90 Å². The van der Waals surface area contributed by atoms with Gasteiger partial charge < -0.3 is 5.11 Å². The molecular formula is C15H11N3O3. The van der Waals surface area contributed by atoms with Crippen molar-refractivity contribution in [1.29, 1.82) is 0 Å². The molecule has 2 heterocycles. The molecular weight excluding hydrogens is 270 g/mol. The van der Waals surface area contributed by atoms with E-state index in [4.69, 9.17) is 0 Å². The Morgan fingerprint density at radius 3 is 2.67 bits per heavy atom. The summed E-state index contributed by atoms with van der Waals surface area (Å²) < 4.78 is 0. The average molecular weight is 281 g/mol. The molecule has 1 N–H and O–H groups in total. The van der Waals surface area contributed by atoms with Crippen LogP contribution in [0.3, 0.4) is 0 Å². The van der Waals surface area contributed by atoms with Crippen LogP contribution in [0.1, 0.15) is 18.2 Å². The molecule has 0 aliphatic carbocycles. The lowest BCUT2D eigenvalue weighted by Crippen LogP contribution is -2.31. The molecule has 0 fully saturated rings. The van der Waals surface area contributed by atoms with Gasteiger partial charge in [0.1, 0.15) is 5.69 Å². The Bertz CT molecular complexity index is 769. The third-order valence-corrected chi connectivity index (χ3v) is 3.19. The predicted octanol–water partition coefficient (Wildman–Crippen LogP) is 1.80. The second-order valence-corrected chi connectivity index (χ2v) is 4.49. The number of nitrogens with zero attached hydrogens (tertiary/aromatic N) is 3. The number of benzene rings is 1. The lowest BCUT2D eigenvalue weighted by molar-refractivity contribution is -0.122. The predicted molar refractivity (Wildman–Crippen MR) is 76.1 cm³/mol. The fourth-order valence-electron chi connectivity index (χ4n) is 2.31. The van der Waals surface area contributed by atoms with Gasteiger partial charge in [-0.1, -0.05) is 18.2 Å². The van der Waals surface area contributed by atoms with E-state index in [1.165, 1.54) is 25.5 Å². The van der Waals surface area contributed by atoms with Crippen LogP contribution in [-0.2, 0) is 9.59 Å². The number of carbonyl (C=O) groups is 2. The van der Waals surface area contributed by atoms with Crippen molar-refractivity contribution in [2.45, 2.75) is 6.92 Å². The highest BCUT2D eigenvalue weighted by Crippen LogP contribution is 2.39. The van der Waals surface area contributed by atoms with Gasteiger partial charge in [-0.15, -0.1) is 0 Å². The molecule has 1 aliphatic rings. The lowest BCUT2D eigenvalue weighted by Gasteiger charge is -2.11. The van der Waals surface area contributed by atoms with Crippen LogP contribution in [0.2, 0.25) is 0 Å². The summed E-state index contributed by atoms with van der Waals surface area (Å²) in [5.41, 5.74) is 1.20. The van der Waals surface area contributed by atoms with Crippen LogP contribution < -0.4 is 4.90 Å². The minimum Gasteiger partial charge on any atom is -0.505 e. The number of amides is 2. The molecule has 1 aromatic carbocycles. The zero-order valence-electron chi connectivity index (χ0n) is 11.1. The first-order valence-corrected chi connectivity index (χ1v) is 6.25. The normalized spacial score (nSPS) is 15.9. The van der Waals surface area contributed by atoms with Crippen molar-refractivity contribution in [3.05, 3.63) is 54.1 Å². The van der Waals surface area contributed by atoms with Gasteiger partial charge in [-0.2, -0.15) is 0 Å². The first-order chi connectivity index (χ1) is 10.1. The van der Waals surface area contributed by atoms with Crippen LogP contribution in [-0.4, -0.2) is 26.9 Å². The molecule has 0 bridgehead atoms. The van der Waals surface area contributed by atoms with E-state index in [0.717, 1.165) is 4.90 Å². The quantitative estimate of drug-likeness (QED) is 0.636. The number of hydrogen-bond donors (Lipinski definition) is 1. The first-order valence-electron chi connectivity index (χ1n) is 6.25. The Kier molecular flexibility index (Phi) is 2.98. The van der Waals surface area contributed by atoms with Crippen LogP contribution in [0, 0.1) is 0 Å². The fourth-order valence-corrected chi connectivity index (χ4v) is 2.31. The number of aliphatic hydroxyl groups excluding tert-OH is 1. The van der Waals surface area contributed by atoms with Crippen molar-refractivity contribution < 1.29 is 14.7 Å². The maximum Gasteiger partial charge on any atom is 0.269 e. The fraction of sp³-hybridized carbons (Fsp3) is 0.0667. The maximum absolute atomic E-state index is 12.5. The Morgan fingerprint density at radius 2 is 2.00 bits per heavy atom. The summed E-state index contributed by atoms with van der Waals surface area (Å²) >= 11 is 0. The Balaban J connectivity index is 2.25. The van der Waals surface area contributed by atoms with E-state index in [-0.39, 0.29) is 17.0 Å². The molecule has 0 saturated heterocycles. The summed E-state index contributed by atoms with van der Waals surface area (Å²) in [6.07, 6.45) is 4.24. The molecule has 2 amide bonds. The third kappa shape index (κ3) is 1.97. The third-order valence-electron chi connectivity index (χ3n) is 3.19. The number of imide groups is 1. The van der Waals surface area contributed by atoms with E-state index in [2.05, 4.69) is 9.97 Å². The van der Waals surface area contributed by atoms with Crippen molar-refractivity contribution in [3.8, 4) is 0 Å². The summed E-state index contributed by atoms with van der Waals surface area (Å²) in [4.78, 5) is 33.0. The minimum atomic E-state index is -0.563. The molecule has 21 heavy (non-hydrogen) atoms. The van der Waals surface area contributed by atoms with E-state index in [1.54, 1.807) is 24.3 Å². The van der Waals surface area contributed by atoms with Crippen molar-refractivity contribution >= 4 is 28.8 Å². The monoisotopic (exact) mass is 281 g/mol. The van der Waals surface area contributed by atoms with Gasteiger partial charge in [0.05, 0.1) is 17.5 Å². The molecule has 6 nitrogen and oxygen atoms in total. The minimum absolute atomic E-state index is 0.0568. The summed E-state index contributed by atoms with van der Waals surface area (Å²) in [5.74, 6) is -1.26. The molecule has 0 spiro atoms. The Morgan fingerprint density at radius 1 is 1.24 bits per heavy atom. The van der Waals surface area contributed by atoms with E-state index >= 15 is 0 Å². The molecule has 0 radical (unpaired) electrons. The van der Waals surface area contributed by atoms with Crippen molar-refractivity contribution in [1.82, 2.24) is 9.97 Å². The summed E-state index contributed by atoms with van der Waals surface area (Å²) in [6.45, 7) is 1.30. The summed E-state index contributed by atoms with van der Waals surface area (Å²) in [6, 6.07) is 6.80. The van der Waals surface area contributed by atoms with Gasteiger partial charge in [0.2, 0.25) is 5.91 Å². The first kappa shape index (κ1) is 13.0. The number of fused-ring (bicyclic) bond motifs is 1. The number of carbonyl (C=O) groups excluding carboxylic acids is 2. The number of anilines is 1. The van der Waals surface area contributed by atoms with E-state index < -0.39 is 11.8 Å². The van der Waals surface area contributed by atoms with Gasteiger partial charge in [-0.25, -0.2) is 9.88 Å². The van der Waals surface area contributed by atoms with Gasteiger partial charge in [-0.05, 0) is 6.07 Å². The number of aromatic nitrogens is 2. The molecule has 2 aromatic rings. The van der Waals surface area contributed by atoms with Gasteiger partial charge in [0.25, 0.3) is 5.91 Å². The van der Waals surface area contributed by atoms with Crippen LogP contribution in [0.4, 0.5) is 5.69 Å². The second-order valence-electron chi connectivity index (χ2n) is 4.49. The largest absolute Gasteiger partial charge is 0.505 e. The summed E-state index contributed by atoms with van der Waals surface area (Å²) in [7, 11) is 0. The molecule has 0 atom stereocenters. The smallest absolute Gasteiger partial charge is 0.269 e. The van der Waals surface area contributed by atoms with Crippen LogP contribution >= 0.6 is 0 Å². The number of para-hydroxylation sites is 1. The van der Waals surface area contributed by atoms with Crippen molar-refractivity contribution in [2.24, 2.45) is 0 Å². The SMILES string of the molecule is CC(=O)N1C(=O)/C(=C(/O)c2cnccn2)c2ccccc21. The average Bonchev–Trinajstić information content (AvgIpc) is 2.79. The highest BCUT2D eigenvalue weighted by Gasteiger charge is 2.37. The van der Waals surface area contributed by atoms with Gasteiger partial charge >= 0.3 is 0 Å². The Labute approximate surface area is 120 Å². The second kappa shape index (κ2) is 4.82. The van der Waals surface area contributed by atoms with E-state index in [0.29, 0.717) is 11.3 Å². The molecule has 1 aliphatic heterocycles. The molecule has 104 valence electrons. The molecule has 3 rings (SSSR count). The molecule has 0 unspecified atom stereocenters. The molecule has 1 aromatic heterocycles. The van der Waals surface area contributed by atoms with Crippen LogP contribution in [0.15, 0.2) is 42.9 Å². The zero-order chi connectivity index (χ0) is 15.0. The topological polar surface area (TPSA) is 83.4 Å². The maximum atomic E-state index is 12.5. The van der Waals surface area contributed by atoms with Crippen LogP contribution in [0.5, 0.6) is 0 Å². The number of hydrogen-bond acceptors (Lipinski definition) is 5. The van der Waals surface area contributed by atoms with Gasteiger partial charge in [0, 0.05) is 24.9 Å². The van der Waals surface area contributed by atoms with Crippen molar-refractivity contribution in [3.63, 3.8) is 0 Å². The van der Waals surface area contributed by atoms with Gasteiger partial charge in [0.15, 0.2) is 5.76 Å². The van der Waals surface area contributed by atoms with E-state index in [9.17, 15) is 14.7 Å². The van der Waals surface area contributed by atoms with Crippen LogP contribution in [0.25, 0.3) is 11.3 Å². The summed E-state index contributed by atoms with van der Waals surface area (Å²) in [5, 5.41) is 10.4. The van der Waals surface area contributed by atoms with Gasteiger partial charge in [-0.3, -0.25) is 14.6 Å². The lowest BCUT2D eigenvalue weighted by atomic mass is 10.1. The highest BCUT2D eigenvalue weighted by molar-refractivity contribution is 6.42. The molecule has 0 saturated carbocycles. The molecule has 6 heteroatoms. The van der Waals surface area contributed by atoms with E-state index in [1.807, 2.05) is 0 Å². The number of rotatable bonds is 1. The number of aliphatic hydroxyl groups is 1.